The lowest BCUT2D eigenvalue weighted by molar-refractivity contribution is 0.187. The number of carbonyl (C=O) groups is 1. The number of para-hydroxylation sites is 1. The van der Waals surface area contributed by atoms with Gasteiger partial charge in [-0.15, -0.1) is 0 Å². The Labute approximate surface area is 187 Å². The fourth-order valence-corrected chi connectivity index (χ4v) is 3.96. The van der Waals surface area contributed by atoms with Gasteiger partial charge >= 0.3 is 16.1 Å². The molecule has 168 valence electrons. The Morgan fingerprint density at radius 3 is 2.38 bits per heavy atom. The average Bonchev–Trinajstić information content (AvgIpc) is 2.78. The van der Waals surface area contributed by atoms with Crippen LogP contribution in [-0.4, -0.2) is 25.4 Å². The molecule has 32 heavy (non-hydrogen) atoms. The molecular formula is C24H25FN2O4S. The summed E-state index contributed by atoms with van der Waals surface area (Å²) in [7, 11) is -4.11. The molecule has 1 atom stereocenters. The van der Waals surface area contributed by atoms with Crippen LogP contribution in [0.5, 0.6) is 5.75 Å². The van der Waals surface area contributed by atoms with Gasteiger partial charge in [0.05, 0.1) is 0 Å². The molecule has 0 saturated heterocycles. The Bertz CT molecular complexity index is 1150. The molecule has 0 bridgehead atoms. The Morgan fingerprint density at radius 1 is 1.03 bits per heavy atom. The number of anilines is 1. The van der Waals surface area contributed by atoms with Crippen LogP contribution in [0.3, 0.4) is 0 Å². The Balaban J connectivity index is 1.77. The summed E-state index contributed by atoms with van der Waals surface area (Å²) in [5.41, 5.74) is 1.40. The van der Waals surface area contributed by atoms with Crippen molar-refractivity contribution in [3.05, 3.63) is 90.2 Å². The second-order valence-corrected chi connectivity index (χ2v) is 8.87. The van der Waals surface area contributed by atoms with E-state index in [1.165, 1.54) is 6.07 Å². The largest absolute Gasteiger partial charge is 0.379 e. The number of hydrogen-bond donors (Lipinski definition) is 1. The molecule has 0 aliphatic heterocycles. The van der Waals surface area contributed by atoms with Gasteiger partial charge in [0.15, 0.2) is 0 Å². The fourth-order valence-electron chi connectivity index (χ4n) is 3.03. The van der Waals surface area contributed by atoms with E-state index in [2.05, 4.69) is 5.32 Å². The van der Waals surface area contributed by atoms with Gasteiger partial charge in [-0.2, -0.15) is 8.42 Å². The molecule has 0 radical (unpaired) electrons. The highest BCUT2D eigenvalue weighted by Crippen LogP contribution is 2.22. The van der Waals surface area contributed by atoms with E-state index in [1.54, 1.807) is 23.1 Å². The zero-order valence-corrected chi connectivity index (χ0v) is 18.7. The summed E-state index contributed by atoms with van der Waals surface area (Å²) in [5.74, 6) is -0.427. The summed E-state index contributed by atoms with van der Waals surface area (Å²) >= 11 is 0. The quantitative estimate of drug-likeness (QED) is 0.459. The number of carbonyl (C=O) groups excluding carboxylic acids is 1. The number of hydrogen-bond acceptors (Lipinski definition) is 4. The van der Waals surface area contributed by atoms with Gasteiger partial charge < -0.3 is 14.4 Å². The second-order valence-electron chi connectivity index (χ2n) is 7.32. The zero-order valence-electron chi connectivity index (χ0n) is 17.9. The predicted molar refractivity (Wildman–Crippen MR) is 121 cm³/mol. The number of amides is 2. The van der Waals surface area contributed by atoms with Crippen molar-refractivity contribution in [3.63, 3.8) is 0 Å². The van der Waals surface area contributed by atoms with Gasteiger partial charge in [0, 0.05) is 18.3 Å². The van der Waals surface area contributed by atoms with Crippen molar-refractivity contribution in [2.45, 2.75) is 37.8 Å². The van der Waals surface area contributed by atoms with Crippen molar-refractivity contribution in [1.29, 1.82) is 0 Å². The van der Waals surface area contributed by atoms with Gasteiger partial charge in [0.1, 0.15) is 16.5 Å². The van der Waals surface area contributed by atoms with E-state index in [0.717, 1.165) is 30.7 Å². The normalized spacial score (nSPS) is 12.1. The summed E-state index contributed by atoms with van der Waals surface area (Å²) < 4.78 is 43.3. The first-order chi connectivity index (χ1) is 15.3. The number of halogens is 1. The lowest BCUT2D eigenvalue weighted by Crippen LogP contribution is -2.40. The maximum atomic E-state index is 13.1. The summed E-state index contributed by atoms with van der Waals surface area (Å²) in [6.07, 6.45) is 0.747. The van der Waals surface area contributed by atoms with Gasteiger partial charge in [-0.25, -0.2) is 9.18 Å². The van der Waals surface area contributed by atoms with Crippen molar-refractivity contribution < 1.29 is 21.8 Å². The number of urea groups is 1. The Kier molecular flexibility index (Phi) is 7.48. The highest BCUT2D eigenvalue weighted by Gasteiger charge is 2.21. The molecule has 6 nitrogen and oxygen atoms in total. The van der Waals surface area contributed by atoms with Gasteiger partial charge in [0.25, 0.3) is 0 Å². The maximum absolute atomic E-state index is 13.1. The van der Waals surface area contributed by atoms with Gasteiger partial charge in [-0.05, 0) is 67.4 Å². The molecule has 0 aliphatic carbocycles. The van der Waals surface area contributed by atoms with Crippen LogP contribution < -0.4 is 9.50 Å². The molecule has 1 unspecified atom stereocenters. The van der Waals surface area contributed by atoms with E-state index in [9.17, 15) is 17.6 Å². The predicted octanol–water partition coefficient (Wildman–Crippen LogP) is 5.43. The van der Waals surface area contributed by atoms with Crippen LogP contribution in [0.4, 0.5) is 14.9 Å². The summed E-state index contributed by atoms with van der Waals surface area (Å²) in [5, 5.41) is 2.89. The molecule has 0 fully saturated rings. The average molecular weight is 457 g/mol. The van der Waals surface area contributed by atoms with Crippen LogP contribution in [0.25, 0.3) is 0 Å². The molecule has 8 heteroatoms. The summed E-state index contributed by atoms with van der Waals surface area (Å²) in [6.45, 7) is 4.20. The smallest absolute Gasteiger partial charge is 0.339 e. The van der Waals surface area contributed by atoms with Crippen LogP contribution in [0.1, 0.15) is 25.8 Å². The van der Waals surface area contributed by atoms with Gasteiger partial charge in [-0.3, -0.25) is 0 Å². The van der Waals surface area contributed by atoms with Gasteiger partial charge in [-0.1, -0.05) is 37.3 Å². The molecule has 3 rings (SSSR count). The van der Waals surface area contributed by atoms with Crippen molar-refractivity contribution >= 4 is 21.8 Å². The highest BCUT2D eigenvalue weighted by atomic mass is 32.2. The monoisotopic (exact) mass is 456 g/mol. The lowest BCUT2D eigenvalue weighted by Gasteiger charge is -2.29. The van der Waals surface area contributed by atoms with Crippen LogP contribution in [0.2, 0.25) is 0 Å². The maximum Gasteiger partial charge on any atom is 0.339 e. The molecule has 0 heterocycles. The second kappa shape index (κ2) is 10.3. The molecule has 2 amide bonds. The van der Waals surface area contributed by atoms with E-state index in [1.807, 2.05) is 44.2 Å². The van der Waals surface area contributed by atoms with Crippen LogP contribution in [-0.2, 0) is 16.7 Å². The third kappa shape index (κ3) is 6.07. The lowest BCUT2D eigenvalue weighted by atomic mass is 10.1. The van der Waals surface area contributed by atoms with E-state index in [0.29, 0.717) is 11.3 Å². The van der Waals surface area contributed by atoms with E-state index < -0.39 is 15.9 Å². The first-order valence-electron chi connectivity index (χ1n) is 10.2. The molecule has 3 aromatic rings. The first kappa shape index (κ1) is 23.3. The minimum Gasteiger partial charge on any atom is -0.379 e. The number of benzene rings is 3. The number of rotatable bonds is 8. The molecule has 0 aromatic heterocycles. The van der Waals surface area contributed by atoms with E-state index in [-0.39, 0.29) is 29.3 Å². The highest BCUT2D eigenvalue weighted by molar-refractivity contribution is 7.87. The van der Waals surface area contributed by atoms with Crippen LogP contribution in [0.15, 0.2) is 83.8 Å². The van der Waals surface area contributed by atoms with Crippen molar-refractivity contribution in [2.75, 3.05) is 5.32 Å². The number of nitrogens with zero attached hydrogens (tertiary/aromatic N) is 1. The van der Waals surface area contributed by atoms with Crippen LogP contribution in [0, 0.1) is 5.82 Å². The van der Waals surface area contributed by atoms with Crippen molar-refractivity contribution in [3.8, 4) is 5.75 Å². The van der Waals surface area contributed by atoms with Gasteiger partial charge in [0.2, 0.25) is 0 Å². The topological polar surface area (TPSA) is 75.7 Å². The minimum absolute atomic E-state index is 0.0498. The fraction of sp³-hybridized carbons (Fsp3) is 0.208. The first-order valence-corrected chi connectivity index (χ1v) is 11.6. The summed E-state index contributed by atoms with van der Waals surface area (Å²) in [6, 6.07) is 19.8. The molecule has 0 saturated carbocycles. The SMILES string of the molecule is CCC(C)N(Cc1cccc(OS(=O)(=O)c2ccc(F)cc2)c1)C(=O)Nc1ccccc1. The molecule has 0 spiro atoms. The van der Waals surface area contributed by atoms with E-state index >= 15 is 0 Å². The third-order valence-corrected chi connectivity index (χ3v) is 6.23. The molecule has 1 N–H and O–H groups in total. The summed E-state index contributed by atoms with van der Waals surface area (Å²) in [4.78, 5) is 14.4. The Morgan fingerprint density at radius 2 is 1.72 bits per heavy atom. The van der Waals surface area contributed by atoms with E-state index in [4.69, 9.17) is 4.18 Å². The minimum atomic E-state index is -4.11. The molecule has 3 aromatic carbocycles. The zero-order chi connectivity index (χ0) is 23.1. The van der Waals surface area contributed by atoms with Crippen molar-refractivity contribution in [2.24, 2.45) is 0 Å². The van der Waals surface area contributed by atoms with Crippen LogP contribution >= 0.6 is 0 Å². The molecular weight excluding hydrogens is 431 g/mol. The van der Waals surface area contributed by atoms with Crippen molar-refractivity contribution in [1.82, 2.24) is 4.90 Å². The number of nitrogens with one attached hydrogen (secondary N) is 1. The molecule has 0 aliphatic rings. The third-order valence-electron chi connectivity index (χ3n) is 4.97. The standard InChI is InChI=1S/C24H25FN2O4S/c1-3-18(2)27(24(28)26-21-9-5-4-6-10-21)17-19-8-7-11-22(16-19)31-32(29,30)23-14-12-20(25)13-15-23/h4-16,18H,3,17H2,1-2H3,(H,26,28). The Hall–Kier alpha value is -3.39.